The minimum atomic E-state index is -0.101. The lowest BCUT2D eigenvalue weighted by Gasteiger charge is -2.19. The van der Waals surface area contributed by atoms with Crippen molar-refractivity contribution in [3.05, 3.63) is 45.9 Å². The molecule has 1 aromatic heterocycles. The molecule has 7 nitrogen and oxygen atoms in total. The molecule has 0 fully saturated rings. The number of aryl methyl sites for hydroxylation is 1. The first-order valence-electron chi connectivity index (χ1n) is 10.4. The molecule has 0 radical (unpaired) electrons. The Morgan fingerprint density at radius 2 is 1.90 bits per heavy atom. The van der Waals surface area contributed by atoms with Crippen LogP contribution in [0.25, 0.3) is 0 Å². The molecule has 1 aromatic carbocycles. The fourth-order valence-corrected chi connectivity index (χ4v) is 3.38. The number of nitrogens with one attached hydrogen (secondary N) is 3. The molecular formula is C22H34IN5O2S. The molecule has 2 aromatic rings. The minimum Gasteiger partial charge on any atom is -0.493 e. The van der Waals surface area contributed by atoms with Crippen molar-refractivity contribution in [3.63, 3.8) is 0 Å². The van der Waals surface area contributed by atoms with E-state index in [0.717, 1.165) is 23.6 Å². The van der Waals surface area contributed by atoms with Gasteiger partial charge in [-0.05, 0) is 44.4 Å². The van der Waals surface area contributed by atoms with Crippen LogP contribution < -0.4 is 20.7 Å². The number of aromatic nitrogens is 1. The average Bonchev–Trinajstić information content (AvgIpc) is 3.15. The van der Waals surface area contributed by atoms with Crippen molar-refractivity contribution in [1.29, 1.82) is 0 Å². The molecule has 2 rings (SSSR count). The maximum absolute atomic E-state index is 12.1. The van der Waals surface area contributed by atoms with E-state index >= 15 is 0 Å². The van der Waals surface area contributed by atoms with E-state index in [1.807, 2.05) is 26.0 Å². The van der Waals surface area contributed by atoms with Crippen molar-refractivity contribution in [2.24, 2.45) is 10.9 Å². The third-order valence-corrected chi connectivity index (χ3v) is 5.21. The van der Waals surface area contributed by atoms with E-state index in [1.165, 1.54) is 11.3 Å². The zero-order valence-electron chi connectivity index (χ0n) is 18.9. The minimum absolute atomic E-state index is 0. The number of guanidine groups is 1. The van der Waals surface area contributed by atoms with Crippen LogP contribution in [0.5, 0.6) is 5.75 Å². The Morgan fingerprint density at radius 1 is 1.19 bits per heavy atom. The molecular weight excluding hydrogens is 525 g/mol. The summed E-state index contributed by atoms with van der Waals surface area (Å²) < 4.78 is 5.75. The number of carbonyl (C=O) groups is 1. The van der Waals surface area contributed by atoms with Gasteiger partial charge in [-0.15, -0.1) is 35.3 Å². The van der Waals surface area contributed by atoms with Crippen LogP contribution in [0.2, 0.25) is 0 Å². The van der Waals surface area contributed by atoms with Crippen LogP contribution in [0.1, 0.15) is 54.7 Å². The predicted molar refractivity (Wildman–Crippen MR) is 139 cm³/mol. The van der Waals surface area contributed by atoms with E-state index in [2.05, 4.69) is 58.8 Å². The summed E-state index contributed by atoms with van der Waals surface area (Å²) in [5.74, 6) is 2.00. The van der Waals surface area contributed by atoms with Gasteiger partial charge < -0.3 is 20.7 Å². The number of carbonyl (C=O) groups excluding carboxylic acids is 1. The van der Waals surface area contributed by atoms with Crippen LogP contribution >= 0.6 is 35.3 Å². The molecule has 172 valence electrons. The van der Waals surface area contributed by atoms with Crippen molar-refractivity contribution >= 4 is 47.2 Å². The Bertz CT molecular complexity index is 824. The molecule has 1 amide bonds. The van der Waals surface area contributed by atoms with Gasteiger partial charge in [0.25, 0.3) is 5.91 Å². The molecule has 1 heterocycles. The third kappa shape index (κ3) is 9.42. The van der Waals surface area contributed by atoms with Crippen LogP contribution in [0.15, 0.2) is 34.8 Å². The van der Waals surface area contributed by atoms with Gasteiger partial charge in [0.1, 0.15) is 10.6 Å². The van der Waals surface area contributed by atoms with Crippen molar-refractivity contribution in [2.75, 3.05) is 26.2 Å². The SMILES string of the molecule is CCNC(=NCCNC(=O)c1scnc1C)NC(C)c1ccc(OCC(C)C)cc1.I. The van der Waals surface area contributed by atoms with Gasteiger partial charge in [0, 0.05) is 13.1 Å². The van der Waals surface area contributed by atoms with E-state index < -0.39 is 0 Å². The summed E-state index contributed by atoms with van der Waals surface area (Å²) in [5.41, 5.74) is 3.58. The highest BCUT2D eigenvalue weighted by molar-refractivity contribution is 14.0. The summed E-state index contributed by atoms with van der Waals surface area (Å²) in [5, 5.41) is 9.54. The Hall–Kier alpha value is -1.88. The maximum Gasteiger partial charge on any atom is 0.263 e. The molecule has 0 spiro atoms. The number of hydrogen-bond acceptors (Lipinski definition) is 5. The van der Waals surface area contributed by atoms with Crippen LogP contribution in [0, 0.1) is 12.8 Å². The molecule has 3 N–H and O–H groups in total. The number of hydrogen-bond donors (Lipinski definition) is 3. The number of rotatable bonds is 10. The largest absolute Gasteiger partial charge is 0.493 e. The summed E-state index contributed by atoms with van der Waals surface area (Å²) in [7, 11) is 0. The highest BCUT2D eigenvalue weighted by atomic mass is 127. The van der Waals surface area contributed by atoms with Crippen LogP contribution in [-0.2, 0) is 0 Å². The predicted octanol–water partition coefficient (Wildman–Crippen LogP) is 4.15. The standard InChI is InChI=1S/C22H33N5O2S.HI/c1-6-23-22(25-12-11-24-21(28)20-17(5)26-14-30-20)27-16(4)18-7-9-19(10-8-18)29-13-15(2)3;/h7-10,14-16H,6,11-13H2,1-5H3,(H,24,28)(H2,23,25,27);1H. The average molecular weight is 560 g/mol. The van der Waals surface area contributed by atoms with E-state index in [9.17, 15) is 4.79 Å². The molecule has 1 unspecified atom stereocenters. The van der Waals surface area contributed by atoms with E-state index in [4.69, 9.17) is 4.74 Å². The lowest BCUT2D eigenvalue weighted by Crippen LogP contribution is -2.39. The highest BCUT2D eigenvalue weighted by Crippen LogP contribution is 2.18. The van der Waals surface area contributed by atoms with Gasteiger partial charge >= 0.3 is 0 Å². The number of nitrogens with zero attached hydrogens (tertiary/aromatic N) is 2. The summed E-state index contributed by atoms with van der Waals surface area (Å²) in [4.78, 5) is 21.5. The molecule has 0 saturated carbocycles. The van der Waals surface area contributed by atoms with Crippen molar-refractivity contribution < 1.29 is 9.53 Å². The number of ether oxygens (including phenoxy) is 1. The van der Waals surface area contributed by atoms with Crippen LogP contribution in [0.4, 0.5) is 0 Å². The van der Waals surface area contributed by atoms with Crippen LogP contribution in [-0.4, -0.2) is 43.1 Å². The first kappa shape index (κ1) is 27.2. The molecule has 0 bridgehead atoms. The Balaban J connectivity index is 0.00000480. The van der Waals surface area contributed by atoms with Crippen molar-refractivity contribution in [2.45, 2.75) is 40.7 Å². The molecule has 0 saturated heterocycles. The Labute approximate surface area is 206 Å². The second kappa shape index (κ2) is 14.2. The number of thiazole rings is 1. The van der Waals surface area contributed by atoms with Gasteiger partial charge in [-0.3, -0.25) is 9.79 Å². The summed E-state index contributed by atoms with van der Waals surface area (Å²) in [6.45, 7) is 12.6. The second-order valence-corrected chi connectivity index (χ2v) is 8.28. The number of aliphatic imine (C=N–C) groups is 1. The molecule has 0 aliphatic heterocycles. The molecule has 0 aliphatic rings. The molecule has 1 atom stereocenters. The Kier molecular flexibility index (Phi) is 12.5. The van der Waals surface area contributed by atoms with Crippen molar-refractivity contribution in [1.82, 2.24) is 20.9 Å². The normalized spacial score (nSPS) is 12.1. The quantitative estimate of drug-likeness (QED) is 0.176. The first-order chi connectivity index (χ1) is 14.4. The van der Waals surface area contributed by atoms with E-state index in [1.54, 1.807) is 5.51 Å². The summed E-state index contributed by atoms with van der Waals surface area (Å²) >= 11 is 1.35. The van der Waals surface area contributed by atoms with Crippen molar-refractivity contribution in [3.8, 4) is 5.75 Å². The van der Waals surface area contributed by atoms with Gasteiger partial charge in [-0.2, -0.15) is 0 Å². The monoisotopic (exact) mass is 559 g/mol. The van der Waals surface area contributed by atoms with E-state index in [0.29, 0.717) is 36.5 Å². The smallest absolute Gasteiger partial charge is 0.263 e. The third-order valence-electron chi connectivity index (χ3n) is 4.28. The highest BCUT2D eigenvalue weighted by Gasteiger charge is 2.11. The van der Waals surface area contributed by atoms with E-state index in [-0.39, 0.29) is 35.9 Å². The molecule has 31 heavy (non-hydrogen) atoms. The molecule has 0 aliphatic carbocycles. The maximum atomic E-state index is 12.1. The fourth-order valence-electron chi connectivity index (χ4n) is 2.66. The zero-order valence-corrected chi connectivity index (χ0v) is 22.0. The fraction of sp³-hybridized carbons (Fsp3) is 0.500. The Morgan fingerprint density at radius 3 is 2.48 bits per heavy atom. The van der Waals surface area contributed by atoms with Gasteiger partial charge in [-0.25, -0.2) is 4.98 Å². The zero-order chi connectivity index (χ0) is 21.9. The first-order valence-corrected chi connectivity index (χ1v) is 11.2. The summed E-state index contributed by atoms with van der Waals surface area (Å²) in [6.07, 6.45) is 0. The van der Waals surface area contributed by atoms with Gasteiger partial charge in [-0.1, -0.05) is 26.0 Å². The van der Waals surface area contributed by atoms with Gasteiger partial charge in [0.2, 0.25) is 0 Å². The number of halogens is 1. The number of benzene rings is 1. The van der Waals surface area contributed by atoms with Gasteiger partial charge in [0.15, 0.2) is 5.96 Å². The summed E-state index contributed by atoms with van der Waals surface area (Å²) in [6, 6.07) is 8.20. The lowest BCUT2D eigenvalue weighted by molar-refractivity contribution is 0.0958. The lowest BCUT2D eigenvalue weighted by atomic mass is 10.1. The second-order valence-electron chi connectivity index (χ2n) is 7.42. The van der Waals surface area contributed by atoms with Crippen LogP contribution in [0.3, 0.4) is 0 Å². The van der Waals surface area contributed by atoms with Gasteiger partial charge in [0.05, 0.1) is 30.4 Å². The molecule has 9 heteroatoms. The topological polar surface area (TPSA) is 87.6 Å². The number of amides is 1.